The zero-order valence-corrected chi connectivity index (χ0v) is 9.84. The number of aliphatic hydroxyl groups is 1. The van der Waals surface area contributed by atoms with Crippen molar-refractivity contribution in [3.05, 3.63) is 0 Å². The zero-order valence-electron chi connectivity index (χ0n) is 5.68. The van der Waals surface area contributed by atoms with Gasteiger partial charge in [-0.15, -0.1) is 0 Å². The van der Waals surface area contributed by atoms with Gasteiger partial charge in [0.1, 0.15) is 0 Å². The van der Waals surface area contributed by atoms with E-state index >= 15 is 0 Å². The van der Waals surface area contributed by atoms with Crippen LogP contribution in [0.15, 0.2) is 0 Å². The van der Waals surface area contributed by atoms with Crippen molar-refractivity contribution in [1.29, 1.82) is 0 Å². The van der Waals surface area contributed by atoms with E-state index in [1.807, 2.05) is 0 Å². The molecular weight excluding hydrogens is 398 g/mol. The second-order valence-corrected chi connectivity index (χ2v) is 2.19. The van der Waals surface area contributed by atoms with Crippen molar-refractivity contribution in [3.8, 4) is 0 Å². The molecule has 1 unspecified atom stereocenters. The van der Waals surface area contributed by atoms with E-state index in [1.165, 1.54) is 0 Å². The summed E-state index contributed by atoms with van der Waals surface area (Å²) in [6.45, 7) is 0. The van der Waals surface area contributed by atoms with E-state index in [4.69, 9.17) is 9.58 Å². The molecule has 1 N–H and O–H groups in total. The second kappa shape index (κ2) is 8.65. The summed E-state index contributed by atoms with van der Waals surface area (Å²) in [4.78, 5) is 19.1. The summed E-state index contributed by atoms with van der Waals surface area (Å²) in [5, 5.41) is 27.3. The predicted molar refractivity (Wildman–Crippen MR) is 22.0 cm³/mol. The van der Waals surface area contributed by atoms with Gasteiger partial charge in [0.05, 0.1) is 12.1 Å². The fraction of sp³-hybridized carbons (Fsp3) is 0.500. The Morgan fingerprint density at radius 1 is 1.33 bits per heavy atom. The number of carboxylic acid groups (broad SMARTS) is 2. The molecule has 0 aliphatic heterocycles. The van der Waals surface area contributed by atoms with Gasteiger partial charge >= 0.3 is 32.3 Å². The van der Waals surface area contributed by atoms with Crippen molar-refractivity contribution in [3.63, 3.8) is 0 Å². The third-order valence-corrected chi connectivity index (χ3v) is 0.632. The van der Waals surface area contributed by atoms with Gasteiger partial charge in [-0.2, -0.15) is 0 Å². The van der Waals surface area contributed by atoms with Gasteiger partial charge in [0.25, 0.3) is 0 Å². The van der Waals surface area contributed by atoms with Gasteiger partial charge in [0.2, 0.25) is 0 Å². The second-order valence-electron chi connectivity index (χ2n) is 1.49. The number of aliphatic carboxylic acids is 2. The van der Waals surface area contributed by atoms with Crippen LogP contribution < -0.4 is 10.2 Å². The van der Waals surface area contributed by atoms with Crippen LogP contribution in [0.25, 0.3) is 0 Å². The van der Waals surface area contributed by atoms with Crippen molar-refractivity contribution >= 4 is 11.9 Å². The molecule has 0 radical (unpaired) electrons. The summed E-state index contributed by atoms with van der Waals surface area (Å²) in [5.41, 5.74) is 0. The average molecular weight is 402 g/mol. The maximum atomic E-state index is 9.58. The minimum absolute atomic E-state index is 0.928. The van der Waals surface area contributed by atoms with E-state index in [-0.39, 0.29) is 0 Å². The molecule has 0 spiro atoms. The Labute approximate surface area is 81.6 Å². The van der Waals surface area contributed by atoms with Crippen LogP contribution in [-0.4, -0.2) is 23.1 Å². The Balaban J connectivity index is 0. The Morgan fingerprint density at radius 3 is 1.75 bits per heavy atom. The number of carbonyl (C=O) groups excluding carboxylic acids is 2. The van der Waals surface area contributed by atoms with Crippen molar-refractivity contribution in [2.45, 2.75) is 12.5 Å². The SMILES string of the molecule is O=C([O-])CC(O)C(=O)[O-].[O]=[U+2]=[O]. The normalized spacial score (nSPS) is 10.1. The van der Waals surface area contributed by atoms with Crippen LogP contribution in [0.2, 0.25) is 0 Å². The Hall–Kier alpha value is -0.448. The van der Waals surface area contributed by atoms with Crippen LogP contribution in [0.5, 0.6) is 0 Å². The molecule has 0 aliphatic carbocycles. The Morgan fingerprint density at radius 2 is 1.67 bits per heavy atom. The van der Waals surface area contributed by atoms with Crippen molar-refractivity contribution in [2.75, 3.05) is 0 Å². The first kappa shape index (κ1) is 14.1. The third kappa shape index (κ3) is 12.2. The van der Waals surface area contributed by atoms with Gasteiger partial charge < -0.3 is 24.9 Å². The topological polar surface area (TPSA) is 135 Å². The number of aliphatic hydroxyl groups excluding tert-OH is 1. The van der Waals surface area contributed by atoms with E-state index in [0.717, 1.165) is 0 Å². The van der Waals surface area contributed by atoms with E-state index in [9.17, 15) is 19.8 Å². The first-order chi connectivity index (χ1) is 5.45. The molecule has 1 atom stereocenters. The molecule has 0 aromatic heterocycles. The molecule has 7 nitrogen and oxygen atoms in total. The van der Waals surface area contributed by atoms with E-state index < -0.39 is 52.3 Å². The van der Waals surface area contributed by atoms with E-state index in [1.54, 1.807) is 0 Å². The molecule has 8 heteroatoms. The van der Waals surface area contributed by atoms with Gasteiger partial charge in [-0.1, -0.05) is 0 Å². The molecule has 0 saturated carbocycles. The van der Waals surface area contributed by atoms with E-state index in [2.05, 4.69) is 0 Å². The maximum absolute atomic E-state index is 9.58. The Kier molecular flexibility index (Phi) is 10.2. The molecule has 0 saturated heterocycles. The minimum atomic E-state index is -2.51. The molecule has 12 heavy (non-hydrogen) atoms. The van der Waals surface area contributed by atoms with Crippen LogP contribution in [0.1, 0.15) is 6.42 Å². The summed E-state index contributed by atoms with van der Waals surface area (Å²) in [6, 6.07) is 0. The van der Waals surface area contributed by atoms with Crippen LogP contribution in [0.4, 0.5) is 0 Å². The molecular formula is C4H4O7U. The van der Waals surface area contributed by atoms with Crippen molar-refractivity contribution < 1.29 is 57.2 Å². The van der Waals surface area contributed by atoms with Gasteiger partial charge in [0, 0.05) is 12.4 Å². The van der Waals surface area contributed by atoms with E-state index in [0.29, 0.717) is 0 Å². The molecule has 0 aromatic rings. The molecule has 0 aromatic carbocycles. The third-order valence-electron chi connectivity index (χ3n) is 0.632. The molecule has 66 valence electrons. The van der Waals surface area contributed by atoms with Crippen LogP contribution >= 0.6 is 0 Å². The van der Waals surface area contributed by atoms with Crippen molar-refractivity contribution in [1.82, 2.24) is 0 Å². The first-order valence-corrected chi connectivity index (χ1v) is 5.93. The molecule has 0 amide bonds. The van der Waals surface area contributed by atoms with Gasteiger partial charge in [-0.3, -0.25) is 0 Å². The fourth-order valence-corrected chi connectivity index (χ4v) is 0.241. The number of carbonyl (C=O) groups is 2. The first-order valence-electron chi connectivity index (χ1n) is 2.53. The summed E-state index contributed by atoms with van der Waals surface area (Å²) < 4.78 is 17.2. The quantitative estimate of drug-likeness (QED) is 0.509. The van der Waals surface area contributed by atoms with Crippen LogP contribution in [0.3, 0.4) is 0 Å². The number of hydrogen-bond acceptors (Lipinski definition) is 7. The molecule has 0 bridgehead atoms. The zero-order chi connectivity index (χ0) is 10.1. The summed E-state index contributed by atoms with van der Waals surface area (Å²) in [5.74, 6) is -3.43. The number of rotatable bonds is 3. The fourth-order valence-electron chi connectivity index (χ4n) is 0.241. The van der Waals surface area contributed by atoms with Crippen molar-refractivity contribution in [2.24, 2.45) is 0 Å². The summed E-state index contributed by atoms with van der Waals surface area (Å²) in [6.07, 6.45) is -2.89. The van der Waals surface area contributed by atoms with Gasteiger partial charge in [-0.25, -0.2) is 0 Å². The van der Waals surface area contributed by atoms with Gasteiger partial charge in [-0.05, 0) is 0 Å². The molecule has 0 aliphatic rings. The predicted octanol–water partition coefficient (Wildman–Crippen LogP) is -4.00. The molecule has 0 rings (SSSR count). The summed E-state index contributed by atoms with van der Waals surface area (Å²) >= 11 is -2.51. The Bertz CT molecular complexity index is 194. The summed E-state index contributed by atoms with van der Waals surface area (Å²) in [7, 11) is 0. The van der Waals surface area contributed by atoms with Gasteiger partial charge in [0.15, 0.2) is 0 Å². The molecule has 0 fully saturated rings. The average Bonchev–Trinajstić information content (AvgIpc) is 1.87. The van der Waals surface area contributed by atoms with Crippen LogP contribution in [0, 0.1) is 27.8 Å². The standard InChI is InChI=1S/C4H6O5.2O.U/c5-2(4(8)9)1-3(6)7;;;/h2,5H,1H2,(H,6,7)(H,8,9);;;/q;;;+2/p-2. The number of hydrogen-bond donors (Lipinski definition) is 1. The van der Waals surface area contributed by atoms with Crippen LogP contribution in [-0.2, 0) is 14.1 Å². The molecule has 0 heterocycles. The number of carboxylic acids is 2. The monoisotopic (exact) mass is 402 g/mol.